The van der Waals surface area contributed by atoms with Crippen molar-refractivity contribution < 1.29 is 8.42 Å². The van der Waals surface area contributed by atoms with Crippen LogP contribution in [-0.4, -0.2) is 43.9 Å². The van der Waals surface area contributed by atoms with Crippen molar-refractivity contribution in [1.82, 2.24) is 9.29 Å². The van der Waals surface area contributed by atoms with Crippen molar-refractivity contribution >= 4 is 49.7 Å². The first-order valence-electron chi connectivity index (χ1n) is 10.4. The highest BCUT2D eigenvalue weighted by atomic mass is 35.5. The molecule has 1 aliphatic rings. The zero-order chi connectivity index (χ0) is 23.0. The van der Waals surface area contributed by atoms with Gasteiger partial charge in [0.15, 0.2) is 5.13 Å². The molecule has 0 saturated carbocycles. The maximum Gasteiger partial charge on any atom is 0.244 e. The zero-order valence-corrected chi connectivity index (χ0v) is 21.4. The Bertz CT molecular complexity index is 1230. The van der Waals surface area contributed by atoms with Crippen molar-refractivity contribution in [3.63, 3.8) is 0 Å². The molecule has 0 spiro atoms. The number of aryl methyl sites for hydroxylation is 3. The molecule has 0 atom stereocenters. The maximum absolute atomic E-state index is 13.0. The van der Waals surface area contributed by atoms with Crippen molar-refractivity contribution in [2.24, 2.45) is 0 Å². The first-order valence-corrected chi connectivity index (χ1v) is 13.4. The van der Waals surface area contributed by atoms with Crippen LogP contribution in [0.5, 0.6) is 0 Å². The van der Waals surface area contributed by atoms with Gasteiger partial charge < -0.3 is 4.90 Å². The van der Waals surface area contributed by atoms with Crippen LogP contribution >= 0.6 is 34.5 Å². The molecule has 0 bridgehead atoms. The molecule has 1 aliphatic heterocycles. The minimum atomic E-state index is -3.70. The average Bonchev–Trinajstić information content (AvgIpc) is 3.21. The van der Waals surface area contributed by atoms with E-state index in [2.05, 4.69) is 43.2 Å². The van der Waals surface area contributed by atoms with E-state index in [1.54, 1.807) is 17.4 Å². The predicted molar refractivity (Wildman–Crippen MR) is 133 cm³/mol. The Kier molecular flexibility index (Phi) is 6.84. The van der Waals surface area contributed by atoms with Crippen LogP contribution in [0.15, 0.2) is 40.6 Å². The standard InChI is InChI=1S/C23H25Cl2N3O2S2/c1-15-10-16(2)20(17(3)11-15)13-19-14-31-23(26-19)27-6-8-28(9-7-27)32(29,30)22-12-18(24)4-5-21(22)25/h4-5,10-12,14H,6-9,13H2,1-3H3. The molecule has 4 rings (SSSR count). The van der Waals surface area contributed by atoms with E-state index < -0.39 is 10.0 Å². The molecule has 3 aromatic rings. The van der Waals surface area contributed by atoms with Gasteiger partial charge in [-0.3, -0.25) is 0 Å². The van der Waals surface area contributed by atoms with Gasteiger partial charge in [-0.05, 0) is 55.7 Å². The number of anilines is 1. The minimum Gasteiger partial charge on any atom is -0.345 e. The summed E-state index contributed by atoms with van der Waals surface area (Å²) in [7, 11) is -3.70. The van der Waals surface area contributed by atoms with Gasteiger partial charge in [0.25, 0.3) is 0 Å². The predicted octanol–water partition coefficient (Wildman–Crippen LogP) is 5.48. The summed E-state index contributed by atoms with van der Waals surface area (Å²) in [6.45, 7) is 8.31. The van der Waals surface area contributed by atoms with E-state index in [4.69, 9.17) is 28.2 Å². The number of thiazole rings is 1. The first kappa shape index (κ1) is 23.5. The lowest BCUT2D eigenvalue weighted by molar-refractivity contribution is 0.384. The second-order valence-electron chi connectivity index (χ2n) is 8.14. The Hall–Kier alpha value is -1.64. The maximum atomic E-state index is 13.0. The second kappa shape index (κ2) is 9.31. The normalized spacial score (nSPS) is 15.3. The lowest BCUT2D eigenvalue weighted by atomic mass is 9.96. The molecule has 2 aromatic carbocycles. The summed E-state index contributed by atoms with van der Waals surface area (Å²) < 4.78 is 27.6. The topological polar surface area (TPSA) is 53.5 Å². The van der Waals surface area contributed by atoms with Crippen LogP contribution in [0, 0.1) is 20.8 Å². The van der Waals surface area contributed by atoms with Gasteiger partial charge in [-0.2, -0.15) is 4.31 Å². The number of hydrogen-bond donors (Lipinski definition) is 0. The summed E-state index contributed by atoms with van der Waals surface area (Å²) in [5.41, 5.74) is 6.21. The fraction of sp³-hybridized carbons (Fsp3) is 0.348. The molecule has 0 amide bonds. The Morgan fingerprint density at radius 2 is 1.66 bits per heavy atom. The Balaban J connectivity index is 1.44. The fourth-order valence-corrected chi connectivity index (χ4v) is 7.16. The number of nitrogens with zero attached hydrogens (tertiary/aromatic N) is 3. The van der Waals surface area contributed by atoms with Gasteiger partial charge in [0.05, 0.1) is 10.7 Å². The molecule has 1 fully saturated rings. The lowest BCUT2D eigenvalue weighted by Crippen LogP contribution is -2.48. The van der Waals surface area contributed by atoms with Crippen LogP contribution < -0.4 is 4.90 Å². The van der Waals surface area contributed by atoms with Gasteiger partial charge in [-0.1, -0.05) is 40.9 Å². The minimum absolute atomic E-state index is 0.0560. The van der Waals surface area contributed by atoms with Crippen molar-refractivity contribution in [3.05, 3.63) is 73.7 Å². The van der Waals surface area contributed by atoms with Crippen LogP contribution in [0.3, 0.4) is 0 Å². The number of hydrogen-bond acceptors (Lipinski definition) is 5. The summed E-state index contributed by atoms with van der Waals surface area (Å²) in [4.78, 5) is 7.05. The molecule has 0 unspecified atom stereocenters. The van der Waals surface area contributed by atoms with Crippen molar-refractivity contribution in [2.75, 3.05) is 31.1 Å². The summed E-state index contributed by atoms with van der Waals surface area (Å²) in [5.74, 6) is 0. The van der Waals surface area contributed by atoms with E-state index in [1.807, 2.05) is 0 Å². The van der Waals surface area contributed by atoms with Crippen molar-refractivity contribution in [1.29, 1.82) is 0 Å². The van der Waals surface area contributed by atoms with E-state index in [1.165, 1.54) is 38.7 Å². The molecule has 0 aliphatic carbocycles. The molecule has 0 N–H and O–H groups in total. The van der Waals surface area contributed by atoms with Crippen LogP contribution in [0.25, 0.3) is 0 Å². The van der Waals surface area contributed by atoms with Crippen LogP contribution in [0.1, 0.15) is 27.9 Å². The number of piperazine rings is 1. The van der Waals surface area contributed by atoms with Gasteiger partial charge in [0.2, 0.25) is 10.0 Å². The van der Waals surface area contributed by atoms with Crippen molar-refractivity contribution in [3.8, 4) is 0 Å². The molecule has 1 aromatic heterocycles. The van der Waals surface area contributed by atoms with Crippen LogP contribution in [-0.2, 0) is 16.4 Å². The Morgan fingerprint density at radius 3 is 2.31 bits per heavy atom. The summed E-state index contributed by atoms with van der Waals surface area (Å²) >= 11 is 13.7. The molecular formula is C23H25Cl2N3O2S2. The summed E-state index contributed by atoms with van der Waals surface area (Å²) in [6.07, 6.45) is 0.802. The molecule has 32 heavy (non-hydrogen) atoms. The average molecular weight is 511 g/mol. The smallest absolute Gasteiger partial charge is 0.244 e. The Morgan fingerprint density at radius 1 is 1.00 bits per heavy atom. The number of rotatable bonds is 5. The number of halogens is 2. The van der Waals surface area contributed by atoms with Gasteiger partial charge in [-0.15, -0.1) is 11.3 Å². The quantitative estimate of drug-likeness (QED) is 0.457. The fourth-order valence-electron chi connectivity index (χ4n) is 4.13. The van der Waals surface area contributed by atoms with Crippen LogP contribution in [0.2, 0.25) is 10.0 Å². The third kappa shape index (κ3) is 4.82. The van der Waals surface area contributed by atoms with Crippen molar-refractivity contribution in [2.45, 2.75) is 32.1 Å². The monoisotopic (exact) mass is 509 g/mol. The molecule has 9 heteroatoms. The molecule has 1 saturated heterocycles. The number of sulfonamides is 1. The van der Waals surface area contributed by atoms with Crippen LogP contribution in [0.4, 0.5) is 5.13 Å². The second-order valence-corrected chi connectivity index (χ2v) is 11.7. The summed E-state index contributed by atoms with van der Waals surface area (Å²) in [5, 5.41) is 3.56. The SMILES string of the molecule is Cc1cc(C)c(Cc2csc(N3CCN(S(=O)(=O)c4cc(Cl)ccc4Cl)CC3)n2)c(C)c1. The van der Waals surface area contributed by atoms with E-state index in [0.717, 1.165) is 17.2 Å². The number of aromatic nitrogens is 1. The van der Waals surface area contributed by atoms with Gasteiger partial charge in [0.1, 0.15) is 4.90 Å². The molecular weight excluding hydrogens is 485 g/mol. The highest BCUT2D eigenvalue weighted by Gasteiger charge is 2.31. The molecule has 5 nitrogen and oxygen atoms in total. The highest BCUT2D eigenvalue weighted by molar-refractivity contribution is 7.89. The third-order valence-electron chi connectivity index (χ3n) is 5.76. The Labute approximate surface area is 203 Å². The molecule has 2 heterocycles. The van der Waals surface area contributed by atoms with E-state index >= 15 is 0 Å². The molecule has 170 valence electrons. The van der Waals surface area contributed by atoms with E-state index in [9.17, 15) is 8.42 Å². The van der Waals surface area contributed by atoms with E-state index in [0.29, 0.717) is 31.2 Å². The summed E-state index contributed by atoms with van der Waals surface area (Å²) in [6, 6.07) is 8.93. The lowest BCUT2D eigenvalue weighted by Gasteiger charge is -2.34. The number of benzene rings is 2. The third-order valence-corrected chi connectivity index (χ3v) is 9.32. The zero-order valence-electron chi connectivity index (χ0n) is 18.2. The molecule has 0 radical (unpaired) electrons. The van der Waals surface area contributed by atoms with E-state index in [-0.39, 0.29) is 9.92 Å². The van der Waals surface area contributed by atoms with Gasteiger partial charge >= 0.3 is 0 Å². The van der Waals surface area contributed by atoms with Gasteiger partial charge in [0, 0.05) is 43.0 Å². The highest BCUT2D eigenvalue weighted by Crippen LogP contribution is 2.30. The van der Waals surface area contributed by atoms with Gasteiger partial charge in [-0.25, -0.2) is 13.4 Å². The first-order chi connectivity index (χ1) is 15.1. The largest absolute Gasteiger partial charge is 0.345 e.